The zero-order valence-electron chi connectivity index (χ0n) is 14.6. The molecule has 2 fully saturated rings. The van der Waals surface area contributed by atoms with Gasteiger partial charge in [0.15, 0.2) is 0 Å². The molecular weight excluding hydrogens is 328 g/mol. The lowest BCUT2D eigenvalue weighted by atomic mass is 9.78. The molecule has 1 unspecified atom stereocenters. The van der Waals surface area contributed by atoms with Crippen LogP contribution in [0.4, 0.5) is 0 Å². The molecule has 1 amide bonds. The molecule has 5 nitrogen and oxygen atoms in total. The summed E-state index contributed by atoms with van der Waals surface area (Å²) >= 11 is 6.44. The Hall–Kier alpha value is -1.46. The van der Waals surface area contributed by atoms with Gasteiger partial charge in [0.05, 0.1) is 24.7 Å². The van der Waals surface area contributed by atoms with Gasteiger partial charge in [-0.05, 0) is 31.9 Å². The number of hydrogen-bond donors (Lipinski definition) is 0. The number of rotatable bonds is 4. The van der Waals surface area contributed by atoms with E-state index in [1.54, 1.807) is 14.2 Å². The van der Waals surface area contributed by atoms with Crippen LogP contribution in [0, 0.1) is 5.41 Å². The Kier molecular flexibility index (Phi) is 4.92. The first-order chi connectivity index (χ1) is 11.5. The van der Waals surface area contributed by atoms with Gasteiger partial charge in [-0.3, -0.25) is 9.69 Å². The van der Waals surface area contributed by atoms with Crippen LogP contribution in [0.5, 0.6) is 11.5 Å². The fourth-order valence-electron chi connectivity index (χ4n) is 4.00. The van der Waals surface area contributed by atoms with Crippen molar-refractivity contribution in [3.8, 4) is 11.5 Å². The molecule has 2 aliphatic rings. The predicted octanol–water partition coefficient (Wildman–Crippen LogP) is 2.80. The molecule has 0 saturated carbocycles. The highest BCUT2D eigenvalue weighted by molar-refractivity contribution is 6.31. The normalized spacial score (nSPS) is 24.7. The van der Waals surface area contributed by atoms with E-state index in [0.717, 1.165) is 50.2 Å². The lowest BCUT2D eigenvalue weighted by Gasteiger charge is -2.37. The van der Waals surface area contributed by atoms with Crippen LogP contribution in [0.1, 0.15) is 24.8 Å². The third-order valence-corrected chi connectivity index (χ3v) is 5.68. The number of benzene rings is 1. The Labute approximate surface area is 148 Å². The van der Waals surface area contributed by atoms with Crippen molar-refractivity contribution in [1.82, 2.24) is 9.80 Å². The van der Waals surface area contributed by atoms with Crippen LogP contribution in [0.2, 0.25) is 5.02 Å². The predicted molar refractivity (Wildman–Crippen MR) is 93.8 cm³/mol. The topological polar surface area (TPSA) is 42.0 Å². The molecule has 0 radical (unpaired) electrons. The summed E-state index contributed by atoms with van der Waals surface area (Å²) in [6.45, 7) is 3.26. The number of piperidine rings is 1. The molecular formula is C18H25ClN2O3. The van der Waals surface area contributed by atoms with E-state index in [1.807, 2.05) is 24.1 Å². The molecule has 24 heavy (non-hydrogen) atoms. The van der Waals surface area contributed by atoms with Gasteiger partial charge in [0.25, 0.3) is 0 Å². The summed E-state index contributed by atoms with van der Waals surface area (Å²) in [5, 5.41) is 0.638. The molecule has 1 aromatic rings. The zero-order chi connectivity index (χ0) is 17.3. The van der Waals surface area contributed by atoms with Gasteiger partial charge in [-0.2, -0.15) is 0 Å². The summed E-state index contributed by atoms with van der Waals surface area (Å²) < 4.78 is 10.7. The number of hydrogen-bond acceptors (Lipinski definition) is 4. The molecule has 2 heterocycles. The minimum absolute atomic E-state index is 0.209. The monoisotopic (exact) mass is 352 g/mol. The summed E-state index contributed by atoms with van der Waals surface area (Å²) in [4.78, 5) is 16.8. The molecule has 0 aliphatic carbocycles. The molecule has 1 aromatic carbocycles. The first kappa shape index (κ1) is 17.4. The summed E-state index contributed by atoms with van der Waals surface area (Å²) in [6.07, 6.45) is 3.00. The van der Waals surface area contributed by atoms with Crippen LogP contribution >= 0.6 is 11.6 Å². The van der Waals surface area contributed by atoms with Gasteiger partial charge in [-0.15, -0.1) is 0 Å². The average Bonchev–Trinajstić information content (AvgIpc) is 2.98. The molecule has 0 bridgehead atoms. The van der Waals surface area contributed by atoms with E-state index in [2.05, 4.69) is 4.90 Å². The number of carbonyl (C=O) groups excluding carboxylic acids is 1. The van der Waals surface area contributed by atoms with Gasteiger partial charge in [0.2, 0.25) is 5.91 Å². The number of likely N-dealkylation sites (tertiary alicyclic amines) is 2. The average molecular weight is 353 g/mol. The first-order valence-corrected chi connectivity index (χ1v) is 8.75. The van der Waals surface area contributed by atoms with Crippen LogP contribution in [-0.2, 0) is 11.3 Å². The Morgan fingerprint density at radius 1 is 1.21 bits per heavy atom. The number of methoxy groups -OCH3 is 2. The maximum Gasteiger partial charge on any atom is 0.229 e. The minimum Gasteiger partial charge on any atom is -0.497 e. The fraction of sp³-hybridized carbons (Fsp3) is 0.611. The number of ether oxygens (including phenoxy) is 2. The number of amides is 1. The summed E-state index contributed by atoms with van der Waals surface area (Å²) in [5.74, 6) is 1.71. The van der Waals surface area contributed by atoms with Gasteiger partial charge in [0.1, 0.15) is 11.5 Å². The highest BCUT2D eigenvalue weighted by Crippen LogP contribution is 2.41. The van der Waals surface area contributed by atoms with Crippen molar-refractivity contribution < 1.29 is 14.3 Å². The van der Waals surface area contributed by atoms with Gasteiger partial charge in [0, 0.05) is 38.3 Å². The number of halogens is 1. The fourth-order valence-corrected chi connectivity index (χ4v) is 4.26. The third kappa shape index (κ3) is 3.07. The lowest BCUT2D eigenvalue weighted by molar-refractivity contribution is -0.143. The SMILES string of the molecule is COc1cc(Cl)c(CN2CCC3(CCCN(C)C3=O)C2)c(OC)c1. The van der Waals surface area contributed by atoms with E-state index >= 15 is 0 Å². The van der Waals surface area contributed by atoms with Crippen molar-refractivity contribution in [3.63, 3.8) is 0 Å². The highest BCUT2D eigenvalue weighted by atomic mass is 35.5. The molecule has 1 spiro atoms. The standard InChI is InChI=1S/C18H25ClN2O3/c1-20-7-4-5-18(17(20)22)6-8-21(12-18)11-14-15(19)9-13(23-2)10-16(14)24-3/h9-10H,4-8,11-12H2,1-3H3. The van der Waals surface area contributed by atoms with Gasteiger partial charge < -0.3 is 14.4 Å². The van der Waals surface area contributed by atoms with E-state index in [0.29, 0.717) is 23.2 Å². The third-order valence-electron chi connectivity index (χ3n) is 5.35. The maximum atomic E-state index is 12.7. The first-order valence-electron chi connectivity index (χ1n) is 8.37. The second kappa shape index (κ2) is 6.81. The van der Waals surface area contributed by atoms with Crippen molar-refractivity contribution in [2.75, 3.05) is 40.9 Å². The summed E-state index contributed by atoms with van der Waals surface area (Å²) in [6, 6.07) is 3.66. The Bertz CT molecular complexity index is 637. The van der Waals surface area contributed by atoms with Crippen molar-refractivity contribution in [1.29, 1.82) is 0 Å². The van der Waals surface area contributed by atoms with Crippen LogP contribution in [0.15, 0.2) is 12.1 Å². The lowest BCUT2D eigenvalue weighted by Crippen LogP contribution is -2.48. The van der Waals surface area contributed by atoms with E-state index < -0.39 is 0 Å². The zero-order valence-corrected chi connectivity index (χ0v) is 15.4. The van der Waals surface area contributed by atoms with E-state index in [-0.39, 0.29) is 5.41 Å². The van der Waals surface area contributed by atoms with Gasteiger partial charge in [-0.1, -0.05) is 11.6 Å². The minimum atomic E-state index is -0.209. The van der Waals surface area contributed by atoms with Crippen LogP contribution in [-0.4, -0.2) is 56.6 Å². The van der Waals surface area contributed by atoms with Crippen LogP contribution in [0.3, 0.4) is 0 Å². The smallest absolute Gasteiger partial charge is 0.229 e. The van der Waals surface area contributed by atoms with Crippen molar-refractivity contribution in [2.24, 2.45) is 5.41 Å². The van der Waals surface area contributed by atoms with Crippen LogP contribution in [0.25, 0.3) is 0 Å². The molecule has 132 valence electrons. The Morgan fingerprint density at radius 2 is 2.00 bits per heavy atom. The summed E-state index contributed by atoms with van der Waals surface area (Å²) in [5.41, 5.74) is 0.743. The largest absolute Gasteiger partial charge is 0.497 e. The van der Waals surface area contributed by atoms with E-state index in [4.69, 9.17) is 21.1 Å². The second-order valence-electron chi connectivity index (χ2n) is 6.86. The maximum absolute atomic E-state index is 12.7. The van der Waals surface area contributed by atoms with E-state index in [1.165, 1.54) is 0 Å². The van der Waals surface area contributed by atoms with Gasteiger partial charge >= 0.3 is 0 Å². The van der Waals surface area contributed by atoms with Crippen LogP contribution < -0.4 is 9.47 Å². The molecule has 1 atom stereocenters. The number of nitrogens with zero attached hydrogens (tertiary/aromatic N) is 2. The Balaban J connectivity index is 1.77. The van der Waals surface area contributed by atoms with Crippen molar-refractivity contribution in [3.05, 3.63) is 22.7 Å². The molecule has 0 aromatic heterocycles. The molecule has 2 saturated heterocycles. The quantitative estimate of drug-likeness (QED) is 0.835. The van der Waals surface area contributed by atoms with E-state index in [9.17, 15) is 4.79 Å². The molecule has 3 rings (SSSR count). The molecule has 6 heteroatoms. The highest BCUT2D eigenvalue weighted by Gasteiger charge is 2.47. The van der Waals surface area contributed by atoms with Gasteiger partial charge in [-0.25, -0.2) is 0 Å². The van der Waals surface area contributed by atoms with Crippen molar-refractivity contribution >= 4 is 17.5 Å². The number of carbonyl (C=O) groups is 1. The molecule has 0 N–H and O–H groups in total. The summed E-state index contributed by atoms with van der Waals surface area (Å²) in [7, 11) is 5.16. The molecule has 2 aliphatic heterocycles. The second-order valence-corrected chi connectivity index (χ2v) is 7.27. The Morgan fingerprint density at radius 3 is 2.71 bits per heavy atom. The van der Waals surface area contributed by atoms with Crippen molar-refractivity contribution in [2.45, 2.75) is 25.8 Å².